The van der Waals surface area contributed by atoms with Gasteiger partial charge in [0.25, 0.3) is 11.7 Å². The molecule has 1 unspecified atom stereocenters. The molecule has 0 aliphatic carbocycles. The average molecular weight is 458 g/mol. The zero-order valence-corrected chi connectivity index (χ0v) is 18.9. The molecule has 1 N–H and O–H groups in total. The van der Waals surface area contributed by atoms with E-state index < -0.39 is 17.7 Å². The lowest BCUT2D eigenvalue weighted by Gasteiger charge is -2.25. The normalized spacial score (nSPS) is 18.4. The largest absolute Gasteiger partial charge is 0.507 e. The lowest BCUT2D eigenvalue weighted by Crippen LogP contribution is -2.29. The molecular weight excluding hydrogens is 436 g/mol. The van der Waals surface area contributed by atoms with Crippen LogP contribution in [0.5, 0.6) is 17.2 Å². The Balaban J connectivity index is 1.71. The number of methoxy groups -OCH3 is 1. The quantitative estimate of drug-likeness (QED) is 0.358. The Morgan fingerprint density at radius 3 is 2.59 bits per heavy atom. The fourth-order valence-electron chi connectivity index (χ4n) is 4.36. The molecule has 2 aliphatic heterocycles. The number of anilines is 1. The van der Waals surface area contributed by atoms with Crippen molar-refractivity contribution in [1.82, 2.24) is 4.98 Å². The highest BCUT2D eigenvalue weighted by atomic mass is 16.7. The van der Waals surface area contributed by atoms with Crippen molar-refractivity contribution in [3.8, 4) is 17.2 Å². The first kappa shape index (κ1) is 21.5. The second kappa shape index (κ2) is 8.22. The van der Waals surface area contributed by atoms with Crippen LogP contribution >= 0.6 is 0 Å². The van der Waals surface area contributed by atoms with E-state index in [0.29, 0.717) is 39.8 Å². The molecule has 1 saturated heterocycles. The van der Waals surface area contributed by atoms with Gasteiger partial charge in [0.2, 0.25) is 6.79 Å². The third-order valence-electron chi connectivity index (χ3n) is 6.04. The smallest absolute Gasteiger partial charge is 0.300 e. The predicted molar refractivity (Wildman–Crippen MR) is 124 cm³/mol. The summed E-state index contributed by atoms with van der Waals surface area (Å²) in [5.41, 5.74) is 2.78. The van der Waals surface area contributed by atoms with Crippen LogP contribution in [0, 0.1) is 13.8 Å². The topological polar surface area (TPSA) is 98.2 Å². The monoisotopic (exact) mass is 458 g/mol. The number of carbonyl (C=O) groups excluding carboxylic acids is 2. The molecule has 1 fully saturated rings. The van der Waals surface area contributed by atoms with Gasteiger partial charge in [-0.3, -0.25) is 19.5 Å². The van der Waals surface area contributed by atoms with Crippen molar-refractivity contribution in [2.75, 3.05) is 18.8 Å². The van der Waals surface area contributed by atoms with Gasteiger partial charge in [-0.15, -0.1) is 0 Å². The van der Waals surface area contributed by atoms with Crippen LogP contribution in [0.1, 0.15) is 28.4 Å². The van der Waals surface area contributed by atoms with E-state index >= 15 is 0 Å². The molecule has 34 heavy (non-hydrogen) atoms. The number of benzene rings is 2. The van der Waals surface area contributed by atoms with E-state index in [9.17, 15) is 14.7 Å². The van der Waals surface area contributed by atoms with Crippen molar-refractivity contribution < 1.29 is 28.9 Å². The molecule has 8 nitrogen and oxygen atoms in total. The molecule has 3 heterocycles. The molecule has 1 aromatic heterocycles. The summed E-state index contributed by atoms with van der Waals surface area (Å²) >= 11 is 0. The molecule has 0 spiro atoms. The molecule has 0 saturated carbocycles. The predicted octanol–water partition coefficient (Wildman–Crippen LogP) is 4.06. The first-order valence-electron chi connectivity index (χ1n) is 10.7. The van der Waals surface area contributed by atoms with Crippen LogP contribution < -0.4 is 19.1 Å². The van der Waals surface area contributed by atoms with E-state index in [1.807, 2.05) is 6.92 Å². The number of Topliss-reactive ketones (excluding diaryl/α,β-unsaturated/α-hetero) is 1. The van der Waals surface area contributed by atoms with Gasteiger partial charge in [-0.25, -0.2) is 0 Å². The van der Waals surface area contributed by atoms with Crippen molar-refractivity contribution in [2.24, 2.45) is 0 Å². The fourth-order valence-corrected chi connectivity index (χ4v) is 4.36. The van der Waals surface area contributed by atoms with Gasteiger partial charge >= 0.3 is 0 Å². The number of rotatable bonds is 4. The van der Waals surface area contributed by atoms with Crippen LogP contribution in [0.2, 0.25) is 0 Å². The van der Waals surface area contributed by atoms with Crippen LogP contribution in [0.4, 0.5) is 5.69 Å². The number of hydrogen-bond donors (Lipinski definition) is 1. The number of ketones is 1. The van der Waals surface area contributed by atoms with Gasteiger partial charge < -0.3 is 19.3 Å². The van der Waals surface area contributed by atoms with Crippen LogP contribution in [0.15, 0.2) is 60.3 Å². The van der Waals surface area contributed by atoms with Crippen LogP contribution in [0.3, 0.4) is 0 Å². The maximum absolute atomic E-state index is 13.3. The molecule has 2 aliphatic rings. The SMILES string of the molecule is COc1cc(C)c(/C(O)=C2\C(=O)C(=O)N(c3ccc4c(c3)OCO4)C2c2ccccn2)cc1C. The Morgan fingerprint density at radius 1 is 1.06 bits per heavy atom. The van der Waals surface area contributed by atoms with Gasteiger partial charge in [-0.2, -0.15) is 0 Å². The lowest BCUT2D eigenvalue weighted by atomic mass is 9.95. The Bertz CT molecular complexity index is 1350. The average Bonchev–Trinajstić information content (AvgIpc) is 3.42. The first-order chi connectivity index (χ1) is 16.4. The number of aliphatic hydroxyl groups is 1. The van der Waals surface area contributed by atoms with Crippen molar-refractivity contribution in [3.63, 3.8) is 0 Å². The molecule has 3 aromatic rings. The zero-order valence-electron chi connectivity index (χ0n) is 18.9. The van der Waals surface area contributed by atoms with Crippen molar-refractivity contribution in [3.05, 3.63) is 82.7 Å². The molecule has 2 aromatic carbocycles. The van der Waals surface area contributed by atoms with Gasteiger partial charge in [-0.05, 0) is 61.4 Å². The summed E-state index contributed by atoms with van der Waals surface area (Å²) < 4.78 is 16.2. The summed E-state index contributed by atoms with van der Waals surface area (Å²) in [7, 11) is 1.57. The summed E-state index contributed by atoms with van der Waals surface area (Å²) in [5, 5.41) is 11.4. The van der Waals surface area contributed by atoms with E-state index in [1.54, 1.807) is 68.8 Å². The number of aromatic nitrogens is 1. The van der Waals surface area contributed by atoms with Crippen LogP contribution in [-0.4, -0.2) is 35.7 Å². The van der Waals surface area contributed by atoms with Crippen molar-refractivity contribution in [1.29, 1.82) is 0 Å². The second-order valence-corrected chi connectivity index (χ2v) is 8.10. The van der Waals surface area contributed by atoms with Gasteiger partial charge in [0.15, 0.2) is 11.5 Å². The molecule has 5 rings (SSSR count). The summed E-state index contributed by atoms with van der Waals surface area (Å²) in [4.78, 5) is 32.4. The Hall–Kier alpha value is -4.33. The third kappa shape index (κ3) is 3.35. The summed E-state index contributed by atoms with van der Waals surface area (Å²) in [6.07, 6.45) is 1.58. The third-order valence-corrected chi connectivity index (χ3v) is 6.04. The maximum Gasteiger partial charge on any atom is 0.300 e. The number of hydrogen-bond acceptors (Lipinski definition) is 7. The minimum absolute atomic E-state index is 0.0333. The van der Waals surface area contributed by atoms with E-state index in [-0.39, 0.29) is 18.1 Å². The number of aryl methyl sites for hydroxylation is 2. The number of nitrogens with zero attached hydrogens (tertiary/aromatic N) is 2. The van der Waals surface area contributed by atoms with Gasteiger partial charge in [-0.1, -0.05) is 6.07 Å². The summed E-state index contributed by atoms with van der Waals surface area (Å²) in [5.74, 6) is -0.130. The van der Waals surface area contributed by atoms with E-state index in [2.05, 4.69) is 4.98 Å². The number of amides is 1. The number of ether oxygens (including phenoxy) is 3. The number of aliphatic hydroxyl groups excluding tert-OH is 1. The minimum Gasteiger partial charge on any atom is -0.507 e. The molecule has 0 radical (unpaired) electrons. The molecule has 1 atom stereocenters. The molecular formula is C26H22N2O6. The maximum atomic E-state index is 13.3. The lowest BCUT2D eigenvalue weighted by molar-refractivity contribution is -0.132. The summed E-state index contributed by atoms with van der Waals surface area (Å²) in [6.45, 7) is 3.73. The van der Waals surface area contributed by atoms with Crippen LogP contribution in [0.25, 0.3) is 5.76 Å². The van der Waals surface area contributed by atoms with E-state index in [4.69, 9.17) is 14.2 Å². The van der Waals surface area contributed by atoms with Crippen molar-refractivity contribution >= 4 is 23.1 Å². The fraction of sp³-hybridized carbons (Fsp3) is 0.192. The van der Waals surface area contributed by atoms with Gasteiger partial charge in [0, 0.05) is 23.5 Å². The number of pyridine rings is 1. The Labute approximate surface area is 196 Å². The van der Waals surface area contributed by atoms with Crippen molar-refractivity contribution in [2.45, 2.75) is 19.9 Å². The standard InChI is InChI=1S/C26H22N2O6/c1-14-11-20(32-3)15(2)10-17(14)24(29)22-23(18-6-4-5-9-27-18)28(26(31)25(22)30)16-7-8-19-21(12-16)34-13-33-19/h4-12,23,29H,13H2,1-3H3/b24-22+. The minimum atomic E-state index is -0.927. The molecule has 8 heteroatoms. The second-order valence-electron chi connectivity index (χ2n) is 8.10. The highest BCUT2D eigenvalue weighted by molar-refractivity contribution is 6.51. The number of fused-ring (bicyclic) bond motifs is 1. The van der Waals surface area contributed by atoms with E-state index in [0.717, 1.165) is 5.56 Å². The zero-order chi connectivity index (χ0) is 24.0. The van der Waals surface area contributed by atoms with Gasteiger partial charge in [0.1, 0.15) is 17.6 Å². The van der Waals surface area contributed by atoms with E-state index in [1.165, 1.54) is 4.90 Å². The highest BCUT2D eigenvalue weighted by Crippen LogP contribution is 2.44. The molecule has 1 amide bonds. The summed E-state index contributed by atoms with van der Waals surface area (Å²) in [6, 6.07) is 12.8. The molecule has 172 valence electrons. The first-order valence-corrected chi connectivity index (χ1v) is 10.7. The Kier molecular flexibility index (Phi) is 5.20. The molecule has 0 bridgehead atoms. The highest BCUT2D eigenvalue weighted by Gasteiger charge is 2.48. The Morgan fingerprint density at radius 2 is 1.85 bits per heavy atom. The van der Waals surface area contributed by atoms with Gasteiger partial charge in [0.05, 0.1) is 18.4 Å². The number of carbonyl (C=O) groups is 2. The van der Waals surface area contributed by atoms with Crippen LogP contribution in [-0.2, 0) is 9.59 Å².